The standard InChI is InChI=1S/C12H16ClNO2/c1-12(2,3)6-14-9-5-11-10(4-8(9)13)15-7-16-11/h4-5,14H,6-7H2,1-3H3. The summed E-state index contributed by atoms with van der Waals surface area (Å²) in [5.41, 5.74) is 1.10. The largest absolute Gasteiger partial charge is 0.454 e. The molecule has 1 aromatic carbocycles. The van der Waals surface area contributed by atoms with Crippen molar-refractivity contribution in [1.29, 1.82) is 0 Å². The summed E-state index contributed by atoms with van der Waals surface area (Å²) >= 11 is 6.14. The van der Waals surface area contributed by atoms with Gasteiger partial charge in [-0.25, -0.2) is 0 Å². The summed E-state index contributed by atoms with van der Waals surface area (Å²) in [5.74, 6) is 1.46. The van der Waals surface area contributed by atoms with Gasteiger partial charge in [-0.1, -0.05) is 32.4 Å². The van der Waals surface area contributed by atoms with Crippen LogP contribution in [0.1, 0.15) is 20.8 Å². The smallest absolute Gasteiger partial charge is 0.231 e. The number of rotatable bonds is 2. The third kappa shape index (κ3) is 2.53. The first-order valence-electron chi connectivity index (χ1n) is 5.29. The third-order valence-corrected chi connectivity index (χ3v) is 2.58. The highest BCUT2D eigenvalue weighted by Crippen LogP contribution is 2.39. The van der Waals surface area contributed by atoms with Crippen LogP contribution in [0.15, 0.2) is 12.1 Å². The first-order valence-corrected chi connectivity index (χ1v) is 5.66. The lowest BCUT2D eigenvalue weighted by atomic mass is 9.97. The van der Waals surface area contributed by atoms with Crippen LogP contribution in [-0.2, 0) is 0 Å². The molecule has 0 fully saturated rings. The highest BCUT2D eigenvalue weighted by molar-refractivity contribution is 6.33. The molecule has 0 saturated carbocycles. The van der Waals surface area contributed by atoms with Crippen LogP contribution in [0.4, 0.5) is 5.69 Å². The second-order valence-electron chi connectivity index (χ2n) is 5.10. The molecule has 0 aliphatic carbocycles. The van der Waals surface area contributed by atoms with E-state index in [1.54, 1.807) is 6.07 Å². The average Bonchev–Trinajstić information content (AvgIpc) is 2.59. The lowest BCUT2D eigenvalue weighted by Crippen LogP contribution is -2.19. The number of ether oxygens (including phenoxy) is 2. The molecule has 3 nitrogen and oxygen atoms in total. The van der Waals surface area contributed by atoms with Crippen LogP contribution in [-0.4, -0.2) is 13.3 Å². The van der Waals surface area contributed by atoms with E-state index in [2.05, 4.69) is 26.1 Å². The van der Waals surface area contributed by atoms with Gasteiger partial charge in [0, 0.05) is 18.7 Å². The van der Waals surface area contributed by atoms with Gasteiger partial charge in [-0.05, 0) is 5.41 Å². The fourth-order valence-electron chi connectivity index (χ4n) is 1.41. The Morgan fingerprint density at radius 1 is 1.25 bits per heavy atom. The van der Waals surface area contributed by atoms with E-state index < -0.39 is 0 Å². The van der Waals surface area contributed by atoms with E-state index in [0.717, 1.165) is 18.0 Å². The van der Waals surface area contributed by atoms with E-state index in [4.69, 9.17) is 21.1 Å². The summed E-state index contributed by atoms with van der Waals surface area (Å²) in [6.07, 6.45) is 0. The molecule has 0 saturated heterocycles. The first kappa shape index (κ1) is 11.4. The second kappa shape index (κ2) is 4.06. The van der Waals surface area contributed by atoms with Crippen molar-refractivity contribution in [3.8, 4) is 11.5 Å². The van der Waals surface area contributed by atoms with Crippen LogP contribution < -0.4 is 14.8 Å². The van der Waals surface area contributed by atoms with Crippen molar-refractivity contribution in [2.45, 2.75) is 20.8 Å². The lowest BCUT2D eigenvalue weighted by molar-refractivity contribution is 0.174. The number of hydrogen-bond acceptors (Lipinski definition) is 3. The molecular weight excluding hydrogens is 226 g/mol. The van der Waals surface area contributed by atoms with Crippen molar-refractivity contribution >= 4 is 17.3 Å². The van der Waals surface area contributed by atoms with Gasteiger partial charge in [0.2, 0.25) is 6.79 Å². The van der Waals surface area contributed by atoms with Crippen LogP contribution in [0.3, 0.4) is 0 Å². The molecule has 1 N–H and O–H groups in total. The molecule has 0 atom stereocenters. The number of fused-ring (bicyclic) bond motifs is 1. The van der Waals surface area contributed by atoms with E-state index in [0.29, 0.717) is 10.8 Å². The Kier molecular flexibility index (Phi) is 2.89. The van der Waals surface area contributed by atoms with Gasteiger partial charge in [0.1, 0.15) is 0 Å². The molecule has 2 rings (SSSR count). The number of halogens is 1. The maximum Gasteiger partial charge on any atom is 0.231 e. The monoisotopic (exact) mass is 241 g/mol. The third-order valence-electron chi connectivity index (χ3n) is 2.27. The van der Waals surface area contributed by atoms with E-state index in [1.807, 2.05) is 6.07 Å². The van der Waals surface area contributed by atoms with Gasteiger partial charge in [-0.15, -0.1) is 0 Å². The molecule has 0 radical (unpaired) electrons. The first-order chi connectivity index (χ1) is 7.46. The molecule has 1 aliphatic rings. The number of nitrogens with one attached hydrogen (secondary N) is 1. The Labute approximate surface area is 101 Å². The number of benzene rings is 1. The van der Waals surface area contributed by atoms with E-state index >= 15 is 0 Å². The molecule has 0 unspecified atom stereocenters. The zero-order valence-electron chi connectivity index (χ0n) is 9.76. The summed E-state index contributed by atoms with van der Waals surface area (Å²) in [6.45, 7) is 7.63. The van der Waals surface area contributed by atoms with Crippen molar-refractivity contribution in [3.63, 3.8) is 0 Å². The van der Waals surface area contributed by atoms with Crippen LogP contribution in [0.25, 0.3) is 0 Å². The van der Waals surface area contributed by atoms with Crippen molar-refractivity contribution in [1.82, 2.24) is 0 Å². The SMILES string of the molecule is CC(C)(C)CNc1cc2c(cc1Cl)OCO2. The quantitative estimate of drug-likeness (QED) is 0.859. The normalized spacial score (nSPS) is 14.0. The van der Waals surface area contributed by atoms with E-state index in [9.17, 15) is 0 Å². The minimum atomic E-state index is 0.208. The molecule has 16 heavy (non-hydrogen) atoms. The van der Waals surface area contributed by atoms with Gasteiger partial charge in [0.15, 0.2) is 11.5 Å². The van der Waals surface area contributed by atoms with E-state index in [-0.39, 0.29) is 12.2 Å². The molecule has 4 heteroatoms. The minimum absolute atomic E-state index is 0.208. The second-order valence-corrected chi connectivity index (χ2v) is 5.51. The van der Waals surface area contributed by atoms with Gasteiger partial charge in [0.05, 0.1) is 10.7 Å². The van der Waals surface area contributed by atoms with Gasteiger partial charge >= 0.3 is 0 Å². The van der Waals surface area contributed by atoms with Crippen LogP contribution in [0.2, 0.25) is 5.02 Å². The number of hydrogen-bond donors (Lipinski definition) is 1. The summed E-state index contributed by atoms with van der Waals surface area (Å²) in [7, 11) is 0. The molecule has 1 aromatic rings. The van der Waals surface area contributed by atoms with Gasteiger partial charge < -0.3 is 14.8 Å². The maximum absolute atomic E-state index is 6.14. The Balaban J connectivity index is 2.16. The molecule has 0 amide bonds. The highest BCUT2D eigenvalue weighted by atomic mass is 35.5. The number of anilines is 1. The van der Waals surface area contributed by atoms with Crippen molar-refractivity contribution in [2.24, 2.45) is 5.41 Å². The molecule has 0 bridgehead atoms. The average molecular weight is 242 g/mol. The van der Waals surface area contributed by atoms with Gasteiger partial charge in [-0.2, -0.15) is 0 Å². The van der Waals surface area contributed by atoms with Crippen LogP contribution >= 0.6 is 11.6 Å². The topological polar surface area (TPSA) is 30.5 Å². The minimum Gasteiger partial charge on any atom is -0.454 e. The fourth-order valence-corrected chi connectivity index (χ4v) is 1.63. The summed E-state index contributed by atoms with van der Waals surface area (Å²) in [5, 5.41) is 3.98. The summed E-state index contributed by atoms with van der Waals surface area (Å²) in [6, 6.07) is 3.67. The maximum atomic E-state index is 6.14. The van der Waals surface area contributed by atoms with Crippen molar-refractivity contribution in [2.75, 3.05) is 18.7 Å². The van der Waals surface area contributed by atoms with Crippen molar-refractivity contribution < 1.29 is 9.47 Å². The van der Waals surface area contributed by atoms with Crippen molar-refractivity contribution in [3.05, 3.63) is 17.2 Å². The summed E-state index contributed by atoms with van der Waals surface area (Å²) in [4.78, 5) is 0. The van der Waals surface area contributed by atoms with E-state index in [1.165, 1.54) is 0 Å². The fraction of sp³-hybridized carbons (Fsp3) is 0.500. The molecule has 0 aromatic heterocycles. The molecule has 0 spiro atoms. The molecule has 1 heterocycles. The van der Waals surface area contributed by atoms with Gasteiger partial charge in [-0.3, -0.25) is 0 Å². The molecule has 88 valence electrons. The van der Waals surface area contributed by atoms with Crippen LogP contribution in [0, 0.1) is 5.41 Å². The lowest BCUT2D eigenvalue weighted by Gasteiger charge is -2.20. The zero-order chi connectivity index (χ0) is 11.8. The Hall–Kier alpha value is -1.09. The predicted molar refractivity (Wildman–Crippen MR) is 65.5 cm³/mol. The Morgan fingerprint density at radius 3 is 2.50 bits per heavy atom. The van der Waals surface area contributed by atoms with Gasteiger partial charge in [0.25, 0.3) is 0 Å². The molecule has 1 aliphatic heterocycles. The Morgan fingerprint density at radius 2 is 1.88 bits per heavy atom. The summed E-state index contributed by atoms with van der Waals surface area (Å²) < 4.78 is 10.6. The van der Waals surface area contributed by atoms with Crippen LogP contribution in [0.5, 0.6) is 11.5 Å². The zero-order valence-corrected chi connectivity index (χ0v) is 10.5. The molecular formula is C12H16ClNO2. The predicted octanol–water partition coefficient (Wildman–Crippen LogP) is 3.53. The highest BCUT2D eigenvalue weighted by Gasteiger charge is 2.17. The Bertz CT molecular complexity index is 399.